The lowest BCUT2D eigenvalue weighted by Gasteiger charge is -2.36. The second-order valence-electron chi connectivity index (χ2n) is 6.79. The van der Waals surface area contributed by atoms with Crippen molar-refractivity contribution in [3.63, 3.8) is 0 Å². The fraction of sp³-hybridized carbons (Fsp3) is 0.941. The number of nitrogens with one attached hydrogen (secondary N) is 1. The van der Waals surface area contributed by atoms with Gasteiger partial charge in [0.1, 0.15) is 5.54 Å². The summed E-state index contributed by atoms with van der Waals surface area (Å²) in [5, 5.41) is 13.0. The van der Waals surface area contributed by atoms with Crippen LogP contribution in [0.4, 0.5) is 0 Å². The molecule has 0 bridgehead atoms. The molecule has 0 amide bonds. The van der Waals surface area contributed by atoms with E-state index >= 15 is 0 Å². The van der Waals surface area contributed by atoms with Crippen molar-refractivity contribution >= 4 is 0 Å². The number of nitrogens with zero attached hydrogens (tertiary/aromatic N) is 2. The largest absolute Gasteiger partial charge is 0.300 e. The Bertz CT molecular complexity index is 328. The minimum absolute atomic E-state index is 0.235. The fourth-order valence-corrected chi connectivity index (χ4v) is 4.01. The van der Waals surface area contributed by atoms with E-state index in [2.05, 4.69) is 30.1 Å². The van der Waals surface area contributed by atoms with Crippen LogP contribution in [0.2, 0.25) is 0 Å². The van der Waals surface area contributed by atoms with E-state index in [9.17, 15) is 5.26 Å². The topological polar surface area (TPSA) is 39.1 Å². The molecule has 114 valence electrons. The Balaban J connectivity index is 1.82. The zero-order valence-corrected chi connectivity index (χ0v) is 13.3. The lowest BCUT2D eigenvalue weighted by Crippen LogP contribution is -2.45. The van der Waals surface area contributed by atoms with Gasteiger partial charge in [-0.15, -0.1) is 0 Å². The molecule has 1 saturated carbocycles. The second-order valence-corrected chi connectivity index (χ2v) is 6.79. The molecular weight excluding hydrogens is 246 g/mol. The van der Waals surface area contributed by atoms with Crippen molar-refractivity contribution in [2.45, 2.75) is 76.8 Å². The lowest BCUT2D eigenvalue weighted by atomic mass is 9.91. The van der Waals surface area contributed by atoms with Gasteiger partial charge in [-0.3, -0.25) is 5.32 Å². The van der Waals surface area contributed by atoms with Crippen LogP contribution in [-0.4, -0.2) is 36.1 Å². The van der Waals surface area contributed by atoms with Gasteiger partial charge in [0.15, 0.2) is 0 Å². The van der Waals surface area contributed by atoms with Crippen LogP contribution in [0.3, 0.4) is 0 Å². The van der Waals surface area contributed by atoms with E-state index in [1.165, 1.54) is 45.2 Å². The normalized spacial score (nSPS) is 32.4. The van der Waals surface area contributed by atoms with E-state index in [0.717, 1.165) is 31.7 Å². The van der Waals surface area contributed by atoms with Crippen molar-refractivity contribution in [2.24, 2.45) is 5.92 Å². The fourth-order valence-electron chi connectivity index (χ4n) is 4.01. The van der Waals surface area contributed by atoms with Crippen LogP contribution >= 0.6 is 0 Å². The molecular formula is C17H31N3. The minimum atomic E-state index is -0.235. The predicted molar refractivity (Wildman–Crippen MR) is 83.5 cm³/mol. The SMILES string of the molecule is CCCNC1(C#N)CCC(N2CCC(CCC)CC2)C1. The summed E-state index contributed by atoms with van der Waals surface area (Å²) in [5.41, 5.74) is -0.235. The Morgan fingerprint density at radius 3 is 2.55 bits per heavy atom. The third-order valence-corrected chi connectivity index (χ3v) is 5.28. The summed E-state index contributed by atoms with van der Waals surface area (Å²) < 4.78 is 0. The molecule has 0 spiro atoms. The van der Waals surface area contributed by atoms with Gasteiger partial charge >= 0.3 is 0 Å². The summed E-state index contributed by atoms with van der Waals surface area (Å²) in [6.07, 6.45) is 9.83. The number of rotatable bonds is 6. The van der Waals surface area contributed by atoms with Crippen LogP contribution < -0.4 is 5.32 Å². The van der Waals surface area contributed by atoms with Crippen LogP contribution in [0.5, 0.6) is 0 Å². The Hall–Kier alpha value is -0.590. The first-order chi connectivity index (χ1) is 9.73. The smallest absolute Gasteiger partial charge is 0.108 e. The van der Waals surface area contributed by atoms with Crippen molar-refractivity contribution in [1.29, 1.82) is 5.26 Å². The van der Waals surface area contributed by atoms with Crippen molar-refractivity contribution < 1.29 is 0 Å². The molecule has 1 saturated heterocycles. The average molecular weight is 277 g/mol. The van der Waals surface area contributed by atoms with Gasteiger partial charge in [0.05, 0.1) is 6.07 Å². The third kappa shape index (κ3) is 3.74. The summed E-state index contributed by atoms with van der Waals surface area (Å²) in [5.74, 6) is 0.955. The molecule has 2 rings (SSSR count). The monoisotopic (exact) mass is 277 g/mol. The molecule has 0 aromatic rings. The van der Waals surface area contributed by atoms with Crippen LogP contribution in [0.25, 0.3) is 0 Å². The highest BCUT2D eigenvalue weighted by Crippen LogP contribution is 2.35. The first-order valence-electron chi connectivity index (χ1n) is 8.63. The maximum Gasteiger partial charge on any atom is 0.108 e. The summed E-state index contributed by atoms with van der Waals surface area (Å²) >= 11 is 0. The molecule has 1 aliphatic heterocycles. The summed E-state index contributed by atoms with van der Waals surface area (Å²) in [4.78, 5) is 2.67. The van der Waals surface area contributed by atoms with Gasteiger partial charge in [0, 0.05) is 6.04 Å². The van der Waals surface area contributed by atoms with E-state index in [1.807, 2.05) is 0 Å². The summed E-state index contributed by atoms with van der Waals surface area (Å²) in [6, 6.07) is 3.21. The highest BCUT2D eigenvalue weighted by molar-refractivity contribution is 5.13. The highest BCUT2D eigenvalue weighted by atomic mass is 15.2. The molecule has 20 heavy (non-hydrogen) atoms. The Kier molecular flexibility index (Phi) is 5.86. The average Bonchev–Trinajstić information content (AvgIpc) is 2.91. The molecule has 2 unspecified atom stereocenters. The Labute approximate surface area is 124 Å². The Morgan fingerprint density at radius 2 is 1.95 bits per heavy atom. The first-order valence-corrected chi connectivity index (χ1v) is 8.63. The van der Waals surface area contributed by atoms with Gasteiger partial charge in [-0.1, -0.05) is 26.7 Å². The number of nitriles is 1. The van der Waals surface area contributed by atoms with E-state index in [4.69, 9.17) is 0 Å². The maximum atomic E-state index is 9.54. The number of hydrogen-bond donors (Lipinski definition) is 1. The van der Waals surface area contributed by atoms with Gasteiger partial charge < -0.3 is 4.90 Å². The summed E-state index contributed by atoms with van der Waals surface area (Å²) in [6.45, 7) is 7.95. The van der Waals surface area contributed by atoms with Crippen molar-refractivity contribution in [3.8, 4) is 6.07 Å². The molecule has 0 aromatic heterocycles. The van der Waals surface area contributed by atoms with E-state index in [-0.39, 0.29) is 5.54 Å². The maximum absolute atomic E-state index is 9.54. The third-order valence-electron chi connectivity index (χ3n) is 5.28. The van der Waals surface area contributed by atoms with Crippen LogP contribution in [0.1, 0.15) is 65.2 Å². The first kappa shape index (κ1) is 15.8. The summed E-state index contributed by atoms with van der Waals surface area (Å²) in [7, 11) is 0. The van der Waals surface area contributed by atoms with Crippen LogP contribution in [0.15, 0.2) is 0 Å². The van der Waals surface area contributed by atoms with Crippen molar-refractivity contribution in [1.82, 2.24) is 10.2 Å². The quantitative estimate of drug-likeness (QED) is 0.809. The molecule has 2 aliphatic rings. The van der Waals surface area contributed by atoms with E-state index in [1.54, 1.807) is 0 Å². The molecule has 2 fully saturated rings. The number of hydrogen-bond acceptors (Lipinski definition) is 3. The zero-order chi connectivity index (χ0) is 14.4. The van der Waals surface area contributed by atoms with Crippen molar-refractivity contribution in [3.05, 3.63) is 0 Å². The van der Waals surface area contributed by atoms with Crippen LogP contribution in [-0.2, 0) is 0 Å². The van der Waals surface area contributed by atoms with Gasteiger partial charge in [-0.2, -0.15) is 5.26 Å². The van der Waals surface area contributed by atoms with Gasteiger partial charge in [-0.05, 0) is 64.1 Å². The molecule has 3 nitrogen and oxygen atoms in total. The molecule has 2 atom stereocenters. The minimum Gasteiger partial charge on any atom is -0.300 e. The molecule has 0 aromatic carbocycles. The van der Waals surface area contributed by atoms with Gasteiger partial charge in [0.25, 0.3) is 0 Å². The van der Waals surface area contributed by atoms with Gasteiger partial charge in [-0.25, -0.2) is 0 Å². The zero-order valence-electron chi connectivity index (χ0n) is 13.3. The predicted octanol–water partition coefficient (Wildman–Crippen LogP) is 3.31. The lowest BCUT2D eigenvalue weighted by molar-refractivity contribution is 0.127. The van der Waals surface area contributed by atoms with E-state index < -0.39 is 0 Å². The highest BCUT2D eigenvalue weighted by Gasteiger charge is 2.41. The van der Waals surface area contributed by atoms with Crippen LogP contribution in [0, 0.1) is 17.2 Å². The molecule has 1 aliphatic carbocycles. The van der Waals surface area contributed by atoms with Gasteiger partial charge in [0.2, 0.25) is 0 Å². The van der Waals surface area contributed by atoms with E-state index in [0.29, 0.717) is 6.04 Å². The molecule has 1 N–H and O–H groups in total. The number of piperidine rings is 1. The molecule has 1 heterocycles. The Morgan fingerprint density at radius 1 is 1.20 bits per heavy atom. The van der Waals surface area contributed by atoms with Crippen molar-refractivity contribution in [2.75, 3.05) is 19.6 Å². The number of likely N-dealkylation sites (tertiary alicyclic amines) is 1. The molecule has 3 heteroatoms. The second kappa shape index (κ2) is 7.43. The molecule has 0 radical (unpaired) electrons. The standard InChI is InChI=1S/C17H31N3/c1-3-5-15-7-11-20(12-8-15)16-6-9-17(13-16,14-18)19-10-4-2/h15-16,19H,3-13H2,1-2H3.